The molecule has 23 heavy (non-hydrogen) atoms. The molecule has 0 saturated carbocycles. The molecular formula is C15H19Cl2N3O3. The third kappa shape index (κ3) is 6.35. The molecule has 2 rings (SSSR count). The maximum absolute atomic E-state index is 11.9. The Morgan fingerprint density at radius 2 is 1.91 bits per heavy atom. The Morgan fingerprint density at radius 3 is 2.65 bits per heavy atom. The van der Waals surface area contributed by atoms with E-state index < -0.39 is 5.91 Å². The molecule has 1 aliphatic rings. The number of halogens is 2. The lowest BCUT2D eigenvalue weighted by Gasteiger charge is -2.26. The molecular weight excluding hydrogens is 341 g/mol. The summed E-state index contributed by atoms with van der Waals surface area (Å²) in [5, 5.41) is 6.14. The minimum atomic E-state index is -0.432. The van der Waals surface area contributed by atoms with E-state index in [2.05, 4.69) is 15.5 Å². The SMILES string of the molecule is O=C(CC(=O)Nc1cc(Cl)ccc1Cl)NCCN1CCOCC1. The van der Waals surface area contributed by atoms with Crippen LogP contribution in [0.25, 0.3) is 0 Å². The molecule has 0 aliphatic carbocycles. The standard InChI is InChI=1S/C15H19Cl2N3O3/c16-11-1-2-12(17)13(9-11)19-15(22)10-14(21)18-3-4-20-5-7-23-8-6-20/h1-2,9H,3-8,10H2,(H,18,21)(H,19,22). The van der Waals surface area contributed by atoms with Crippen molar-refractivity contribution in [1.82, 2.24) is 10.2 Å². The molecule has 1 aromatic rings. The largest absolute Gasteiger partial charge is 0.379 e. The van der Waals surface area contributed by atoms with Gasteiger partial charge in [-0.1, -0.05) is 23.2 Å². The van der Waals surface area contributed by atoms with Crippen molar-refractivity contribution in [2.45, 2.75) is 6.42 Å². The van der Waals surface area contributed by atoms with Gasteiger partial charge in [-0.25, -0.2) is 0 Å². The maximum atomic E-state index is 11.9. The zero-order valence-corrected chi connectivity index (χ0v) is 14.1. The second-order valence-electron chi connectivity index (χ2n) is 5.15. The van der Waals surface area contributed by atoms with Gasteiger partial charge in [0.1, 0.15) is 6.42 Å². The fourth-order valence-corrected chi connectivity index (χ4v) is 2.51. The minimum Gasteiger partial charge on any atom is -0.379 e. The molecule has 1 heterocycles. The molecule has 0 radical (unpaired) electrons. The quantitative estimate of drug-likeness (QED) is 0.759. The molecule has 2 N–H and O–H groups in total. The highest BCUT2D eigenvalue weighted by atomic mass is 35.5. The smallest absolute Gasteiger partial charge is 0.233 e. The number of morpholine rings is 1. The van der Waals surface area contributed by atoms with Crippen LogP contribution in [0, 0.1) is 0 Å². The topological polar surface area (TPSA) is 70.7 Å². The summed E-state index contributed by atoms with van der Waals surface area (Å²) in [6.45, 7) is 4.42. The predicted molar refractivity (Wildman–Crippen MR) is 90.0 cm³/mol. The van der Waals surface area contributed by atoms with Crippen molar-refractivity contribution in [3.05, 3.63) is 28.2 Å². The Bertz CT molecular complexity index is 563. The molecule has 1 aliphatic heterocycles. The molecule has 1 aromatic carbocycles. The first-order chi connectivity index (χ1) is 11.0. The number of carbonyl (C=O) groups is 2. The maximum Gasteiger partial charge on any atom is 0.233 e. The van der Waals surface area contributed by atoms with Crippen LogP contribution in [0.15, 0.2) is 18.2 Å². The van der Waals surface area contributed by atoms with Crippen molar-refractivity contribution >= 4 is 40.7 Å². The van der Waals surface area contributed by atoms with E-state index in [0.29, 0.717) is 22.3 Å². The first-order valence-corrected chi connectivity index (χ1v) is 8.12. The average molecular weight is 360 g/mol. The Balaban J connectivity index is 1.69. The van der Waals surface area contributed by atoms with Gasteiger partial charge in [-0.2, -0.15) is 0 Å². The predicted octanol–water partition coefficient (Wildman–Crippen LogP) is 1.77. The van der Waals surface area contributed by atoms with Gasteiger partial charge >= 0.3 is 0 Å². The number of anilines is 1. The van der Waals surface area contributed by atoms with E-state index in [9.17, 15) is 9.59 Å². The van der Waals surface area contributed by atoms with Gasteiger partial charge in [0.05, 0.1) is 23.9 Å². The van der Waals surface area contributed by atoms with Crippen molar-refractivity contribution in [2.24, 2.45) is 0 Å². The number of amides is 2. The van der Waals surface area contributed by atoms with E-state index >= 15 is 0 Å². The van der Waals surface area contributed by atoms with Crippen molar-refractivity contribution in [3.8, 4) is 0 Å². The number of carbonyl (C=O) groups excluding carboxylic acids is 2. The van der Waals surface area contributed by atoms with Crippen LogP contribution < -0.4 is 10.6 Å². The van der Waals surface area contributed by atoms with E-state index in [4.69, 9.17) is 27.9 Å². The van der Waals surface area contributed by atoms with Crippen LogP contribution in [0.2, 0.25) is 10.0 Å². The van der Waals surface area contributed by atoms with Crippen LogP contribution in [-0.2, 0) is 14.3 Å². The summed E-state index contributed by atoms with van der Waals surface area (Å²) < 4.78 is 5.25. The zero-order chi connectivity index (χ0) is 16.7. The first kappa shape index (κ1) is 18.0. The molecule has 0 spiro atoms. The van der Waals surface area contributed by atoms with E-state index in [1.165, 1.54) is 6.07 Å². The molecule has 0 atom stereocenters. The highest BCUT2D eigenvalue weighted by Crippen LogP contribution is 2.25. The monoisotopic (exact) mass is 359 g/mol. The third-order valence-corrected chi connectivity index (χ3v) is 3.94. The summed E-state index contributed by atoms with van der Waals surface area (Å²) in [5.41, 5.74) is 0.394. The molecule has 126 valence electrons. The highest BCUT2D eigenvalue weighted by Gasteiger charge is 2.13. The molecule has 0 aromatic heterocycles. The summed E-state index contributed by atoms with van der Waals surface area (Å²) in [5.74, 6) is -0.757. The number of rotatable bonds is 6. The fourth-order valence-electron chi connectivity index (χ4n) is 2.17. The lowest BCUT2D eigenvalue weighted by molar-refractivity contribution is -0.126. The molecule has 1 saturated heterocycles. The van der Waals surface area contributed by atoms with Crippen LogP contribution in [0.3, 0.4) is 0 Å². The first-order valence-electron chi connectivity index (χ1n) is 7.36. The van der Waals surface area contributed by atoms with Crippen molar-refractivity contribution in [1.29, 1.82) is 0 Å². The molecule has 2 amide bonds. The number of ether oxygens (including phenoxy) is 1. The zero-order valence-electron chi connectivity index (χ0n) is 12.6. The molecule has 8 heteroatoms. The van der Waals surface area contributed by atoms with Gasteiger partial charge in [0.2, 0.25) is 11.8 Å². The van der Waals surface area contributed by atoms with Gasteiger partial charge in [-0.15, -0.1) is 0 Å². The Labute approximate surface area is 145 Å². The summed E-state index contributed by atoms with van der Waals surface area (Å²) in [6.07, 6.45) is -0.258. The molecule has 0 unspecified atom stereocenters. The number of hydrogen-bond donors (Lipinski definition) is 2. The second-order valence-corrected chi connectivity index (χ2v) is 6.00. The van der Waals surface area contributed by atoms with E-state index in [1.54, 1.807) is 12.1 Å². The molecule has 1 fully saturated rings. The van der Waals surface area contributed by atoms with Gasteiger partial charge in [-0.3, -0.25) is 14.5 Å². The van der Waals surface area contributed by atoms with Crippen LogP contribution in [-0.4, -0.2) is 56.1 Å². The lowest BCUT2D eigenvalue weighted by Crippen LogP contribution is -2.41. The third-order valence-electron chi connectivity index (χ3n) is 3.38. The summed E-state index contributed by atoms with van der Waals surface area (Å²) in [6, 6.07) is 4.75. The summed E-state index contributed by atoms with van der Waals surface area (Å²) in [7, 11) is 0. The number of nitrogens with zero attached hydrogens (tertiary/aromatic N) is 1. The summed E-state index contributed by atoms with van der Waals surface area (Å²) >= 11 is 11.8. The van der Waals surface area contributed by atoms with E-state index in [-0.39, 0.29) is 12.3 Å². The van der Waals surface area contributed by atoms with Gasteiger partial charge in [0, 0.05) is 31.2 Å². The lowest BCUT2D eigenvalue weighted by atomic mass is 10.3. The van der Waals surface area contributed by atoms with Gasteiger partial charge in [-0.05, 0) is 18.2 Å². The average Bonchev–Trinajstić information content (AvgIpc) is 2.52. The van der Waals surface area contributed by atoms with Crippen LogP contribution in [0.5, 0.6) is 0 Å². The van der Waals surface area contributed by atoms with Crippen molar-refractivity contribution in [2.75, 3.05) is 44.7 Å². The van der Waals surface area contributed by atoms with Crippen molar-refractivity contribution in [3.63, 3.8) is 0 Å². The van der Waals surface area contributed by atoms with E-state index in [0.717, 1.165) is 32.8 Å². The van der Waals surface area contributed by atoms with Gasteiger partial charge < -0.3 is 15.4 Å². The molecule has 0 bridgehead atoms. The van der Waals surface area contributed by atoms with Gasteiger partial charge in [0.25, 0.3) is 0 Å². The van der Waals surface area contributed by atoms with Crippen LogP contribution >= 0.6 is 23.2 Å². The number of benzene rings is 1. The minimum absolute atomic E-state index is 0.258. The second kappa shape index (κ2) is 9.08. The Hall–Kier alpha value is -1.34. The Morgan fingerprint density at radius 1 is 1.17 bits per heavy atom. The molecule has 6 nitrogen and oxygen atoms in total. The Kier molecular flexibility index (Phi) is 7.11. The van der Waals surface area contributed by atoms with Crippen LogP contribution in [0.4, 0.5) is 5.69 Å². The highest BCUT2D eigenvalue weighted by molar-refractivity contribution is 6.35. The number of nitrogens with one attached hydrogen (secondary N) is 2. The normalized spacial score (nSPS) is 15.2. The number of hydrogen-bond acceptors (Lipinski definition) is 4. The van der Waals surface area contributed by atoms with Gasteiger partial charge in [0.15, 0.2) is 0 Å². The van der Waals surface area contributed by atoms with E-state index in [1.807, 2.05) is 0 Å². The fraction of sp³-hybridized carbons (Fsp3) is 0.467. The van der Waals surface area contributed by atoms with Crippen molar-refractivity contribution < 1.29 is 14.3 Å². The summed E-state index contributed by atoms with van der Waals surface area (Å²) in [4.78, 5) is 25.8. The van der Waals surface area contributed by atoms with Crippen LogP contribution in [0.1, 0.15) is 6.42 Å².